The van der Waals surface area contributed by atoms with Crippen molar-refractivity contribution in [2.45, 2.75) is 13.2 Å². The SMILES string of the molecule is CC(=O)OC(Nc1ccc(C#N)cc1)c1cc(Cl)cc(I)c1OCCO. The van der Waals surface area contributed by atoms with Crippen LogP contribution in [-0.2, 0) is 9.53 Å². The lowest BCUT2D eigenvalue weighted by molar-refractivity contribution is -0.145. The van der Waals surface area contributed by atoms with Crippen LogP contribution in [0.3, 0.4) is 0 Å². The molecule has 2 N–H and O–H groups in total. The van der Waals surface area contributed by atoms with Gasteiger partial charge in [-0.25, -0.2) is 0 Å². The van der Waals surface area contributed by atoms with Crippen molar-refractivity contribution in [1.29, 1.82) is 5.26 Å². The molecule has 2 rings (SSSR count). The summed E-state index contributed by atoms with van der Waals surface area (Å²) in [6.45, 7) is 1.24. The Morgan fingerprint density at radius 3 is 2.65 bits per heavy atom. The van der Waals surface area contributed by atoms with Gasteiger partial charge >= 0.3 is 5.97 Å². The number of hydrogen-bond acceptors (Lipinski definition) is 6. The van der Waals surface area contributed by atoms with Gasteiger partial charge in [0.1, 0.15) is 12.4 Å². The van der Waals surface area contributed by atoms with E-state index in [0.29, 0.717) is 27.6 Å². The van der Waals surface area contributed by atoms with Crippen LogP contribution in [0.15, 0.2) is 36.4 Å². The lowest BCUT2D eigenvalue weighted by Crippen LogP contribution is -2.19. The Bertz CT molecular complexity index is 821. The largest absolute Gasteiger partial charge is 0.490 e. The maximum Gasteiger partial charge on any atom is 0.304 e. The molecular weight excluding hydrogens is 471 g/mol. The van der Waals surface area contributed by atoms with Gasteiger partial charge in [-0.3, -0.25) is 4.79 Å². The molecule has 26 heavy (non-hydrogen) atoms. The normalized spacial score (nSPS) is 11.3. The standard InChI is InChI=1S/C18H16ClIN2O4/c1-11(24)26-18(22-14-4-2-12(10-21)3-5-14)15-8-13(19)9-16(20)17(15)25-7-6-23/h2-5,8-9,18,22-23H,6-7H2,1H3. The van der Waals surface area contributed by atoms with Crippen LogP contribution < -0.4 is 10.1 Å². The van der Waals surface area contributed by atoms with Gasteiger partial charge in [-0.1, -0.05) is 11.6 Å². The Hall–Kier alpha value is -2.02. The molecule has 0 aliphatic heterocycles. The summed E-state index contributed by atoms with van der Waals surface area (Å²) in [5.41, 5.74) is 1.69. The molecule has 1 unspecified atom stereocenters. The van der Waals surface area contributed by atoms with Crippen molar-refractivity contribution >= 4 is 45.8 Å². The molecule has 0 radical (unpaired) electrons. The fourth-order valence-electron chi connectivity index (χ4n) is 2.20. The molecule has 136 valence electrons. The van der Waals surface area contributed by atoms with Gasteiger partial charge in [-0.05, 0) is 59.0 Å². The van der Waals surface area contributed by atoms with Gasteiger partial charge < -0.3 is 19.9 Å². The second-order valence-electron chi connectivity index (χ2n) is 5.20. The Labute approximate surface area is 169 Å². The zero-order valence-corrected chi connectivity index (χ0v) is 16.7. The van der Waals surface area contributed by atoms with E-state index >= 15 is 0 Å². The van der Waals surface area contributed by atoms with Crippen molar-refractivity contribution in [3.05, 3.63) is 56.1 Å². The smallest absolute Gasteiger partial charge is 0.304 e. The van der Waals surface area contributed by atoms with E-state index in [1.165, 1.54) is 6.92 Å². The highest BCUT2D eigenvalue weighted by atomic mass is 127. The highest BCUT2D eigenvalue weighted by molar-refractivity contribution is 14.1. The van der Waals surface area contributed by atoms with E-state index in [4.69, 9.17) is 31.4 Å². The first-order valence-corrected chi connectivity index (χ1v) is 9.06. The molecule has 2 aromatic carbocycles. The molecule has 0 aliphatic carbocycles. The minimum Gasteiger partial charge on any atom is -0.490 e. The molecule has 0 amide bonds. The van der Waals surface area contributed by atoms with Crippen molar-refractivity contribution in [2.75, 3.05) is 18.5 Å². The van der Waals surface area contributed by atoms with Crippen LogP contribution in [0.25, 0.3) is 0 Å². The van der Waals surface area contributed by atoms with Crippen LogP contribution in [0.5, 0.6) is 5.75 Å². The minimum absolute atomic E-state index is 0.0916. The lowest BCUT2D eigenvalue weighted by atomic mass is 10.1. The van der Waals surface area contributed by atoms with Crippen LogP contribution in [0.4, 0.5) is 5.69 Å². The van der Waals surface area contributed by atoms with Crippen LogP contribution in [-0.4, -0.2) is 24.3 Å². The molecule has 0 spiro atoms. The number of ether oxygens (including phenoxy) is 2. The zero-order valence-electron chi connectivity index (χ0n) is 13.8. The number of nitrogens with zero attached hydrogens (tertiary/aromatic N) is 1. The first-order valence-electron chi connectivity index (χ1n) is 7.61. The first kappa shape index (κ1) is 20.3. The van der Waals surface area contributed by atoms with Crippen LogP contribution in [0.2, 0.25) is 5.02 Å². The second kappa shape index (κ2) is 9.62. The highest BCUT2D eigenvalue weighted by Crippen LogP contribution is 2.36. The zero-order chi connectivity index (χ0) is 19.1. The fraction of sp³-hybridized carbons (Fsp3) is 0.222. The third kappa shape index (κ3) is 5.49. The average molecular weight is 487 g/mol. The molecule has 0 heterocycles. The number of rotatable bonds is 7. The highest BCUT2D eigenvalue weighted by Gasteiger charge is 2.22. The summed E-state index contributed by atoms with van der Waals surface area (Å²) < 4.78 is 11.7. The third-order valence-electron chi connectivity index (χ3n) is 3.25. The number of aliphatic hydroxyl groups is 1. The topological polar surface area (TPSA) is 91.6 Å². The molecule has 0 aliphatic rings. The molecule has 0 saturated carbocycles. The molecule has 0 saturated heterocycles. The Kier molecular flexibility index (Phi) is 7.50. The summed E-state index contributed by atoms with van der Waals surface area (Å²) in [6.07, 6.45) is -0.860. The fourth-order valence-corrected chi connectivity index (χ4v) is 3.42. The van der Waals surface area contributed by atoms with Crippen molar-refractivity contribution in [2.24, 2.45) is 0 Å². The maximum atomic E-state index is 11.6. The van der Waals surface area contributed by atoms with E-state index in [0.717, 1.165) is 3.57 Å². The van der Waals surface area contributed by atoms with Crippen LogP contribution >= 0.6 is 34.2 Å². The van der Waals surface area contributed by atoms with Crippen molar-refractivity contribution in [3.63, 3.8) is 0 Å². The Balaban J connectivity index is 2.41. The molecule has 6 nitrogen and oxygen atoms in total. The average Bonchev–Trinajstić information content (AvgIpc) is 2.60. The van der Waals surface area contributed by atoms with Crippen molar-refractivity contribution in [1.82, 2.24) is 0 Å². The molecule has 0 fully saturated rings. The number of carbonyl (C=O) groups is 1. The van der Waals surface area contributed by atoms with E-state index in [2.05, 4.69) is 27.9 Å². The Morgan fingerprint density at radius 2 is 2.08 bits per heavy atom. The quantitative estimate of drug-likeness (QED) is 0.351. The van der Waals surface area contributed by atoms with Gasteiger partial charge in [0, 0.05) is 17.6 Å². The van der Waals surface area contributed by atoms with E-state index in [1.807, 2.05) is 6.07 Å². The van der Waals surface area contributed by atoms with Gasteiger partial charge in [0.15, 0.2) is 0 Å². The van der Waals surface area contributed by atoms with Crippen molar-refractivity contribution < 1.29 is 19.4 Å². The molecule has 8 heteroatoms. The molecular formula is C18H16ClIN2O4. The van der Waals surface area contributed by atoms with Crippen LogP contribution in [0.1, 0.15) is 24.3 Å². The van der Waals surface area contributed by atoms with E-state index in [9.17, 15) is 4.79 Å². The van der Waals surface area contributed by atoms with E-state index < -0.39 is 12.2 Å². The number of hydrogen-bond donors (Lipinski definition) is 2. The monoisotopic (exact) mass is 486 g/mol. The van der Waals surface area contributed by atoms with Gasteiger partial charge in [-0.15, -0.1) is 0 Å². The summed E-state index contributed by atoms with van der Waals surface area (Å²) in [5.74, 6) is -0.0179. The predicted molar refractivity (Wildman–Crippen MR) is 106 cm³/mol. The molecule has 0 bridgehead atoms. The van der Waals surface area contributed by atoms with E-state index in [-0.39, 0.29) is 13.2 Å². The van der Waals surface area contributed by atoms with Gasteiger partial charge in [0.2, 0.25) is 6.23 Å². The number of halogens is 2. The van der Waals surface area contributed by atoms with Gasteiger partial charge in [-0.2, -0.15) is 5.26 Å². The number of anilines is 1. The molecule has 0 aromatic heterocycles. The second-order valence-corrected chi connectivity index (χ2v) is 6.80. The number of nitriles is 1. The number of aliphatic hydroxyl groups excluding tert-OH is 1. The van der Waals surface area contributed by atoms with E-state index in [1.54, 1.807) is 36.4 Å². The summed E-state index contributed by atoms with van der Waals surface area (Å²) in [7, 11) is 0. The number of nitrogens with one attached hydrogen (secondary N) is 1. The number of esters is 1. The summed E-state index contributed by atoms with van der Waals surface area (Å²) in [4.78, 5) is 11.6. The number of carbonyl (C=O) groups excluding carboxylic acids is 1. The molecule has 1 atom stereocenters. The minimum atomic E-state index is -0.860. The Morgan fingerprint density at radius 1 is 1.38 bits per heavy atom. The number of benzene rings is 2. The van der Waals surface area contributed by atoms with Crippen molar-refractivity contribution in [3.8, 4) is 11.8 Å². The van der Waals surface area contributed by atoms with Gasteiger partial charge in [0.05, 0.1) is 27.4 Å². The summed E-state index contributed by atoms with van der Waals surface area (Å²) in [5, 5.41) is 21.5. The summed E-state index contributed by atoms with van der Waals surface area (Å²) >= 11 is 8.23. The van der Waals surface area contributed by atoms with Crippen LogP contribution in [0, 0.1) is 14.9 Å². The lowest BCUT2D eigenvalue weighted by Gasteiger charge is -2.23. The maximum absolute atomic E-state index is 11.6. The summed E-state index contributed by atoms with van der Waals surface area (Å²) in [6, 6.07) is 12.1. The van der Waals surface area contributed by atoms with Gasteiger partial charge in [0.25, 0.3) is 0 Å². The first-order chi connectivity index (χ1) is 12.4. The molecule has 2 aromatic rings. The predicted octanol–water partition coefficient (Wildman–Crippen LogP) is 3.86. The third-order valence-corrected chi connectivity index (χ3v) is 4.27.